The molecule has 0 saturated carbocycles. The first-order chi connectivity index (χ1) is 12.7. The molecule has 0 bridgehead atoms. The molecule has 0 heterocycles. The molecule has 0 N–H and O–H groups in total. The van der Waals surface area contributed by atoms with E-state index in [1.54, 1.807) is 0 Å². The molecule has 0 spiro atoms. The first-order valence-electron chi connectivity index (χ1n) is 8.40. The molecule has 0 aromatic rings. The van der Waals surface area contributed by atoms with Crippen molar-refractivity contribution >= 4 is 30.9 Å². The van der Waals surface area contributed by atoms with Gasteiger partial charge in [-0.05, 0) is 6.42 Å². The molecule has 0 aromatic heterocycles. The van der Waals surface area contributed by atoms with E-state index in [1.807, 2.05) is 0 Å². The molecule has 0 amide bonds. The zero-order chi connectivity index (χ0) is 21.9. The molecule has 0 aliphatic rings. The topological polar surface area (TPSA) is 199 Å². The van der Waals surface area contributed by atoms with Gasteiger partial charge in [-0.2, -0.15) is 0 Å². The van der Waals surface area contributed by atoms with Crippen LogP contribution >= 0.6 is 0 Å². The van der Waals surface area contributed by atoms with Gasteiger partial charge in [0.1, 0.15) is 0 Å². The quantitative estimate of drug-likeness (QED) is 0.0808. The fraction of sp³-hybridized carbons (Fsp3) is 1.00. The van der Waals surface area contributed by atoms with Crippen LogP contribution in [-0.4, -0.2) is 71.1 Å². The summed E-state index contributed by atoms with van der Waals surface area (Å²) in [6.07, 6.45) is 5.46. The summed E-state index contributed by atoms with van der Waals surface area (Å²) in [4.78, 5) is 0. The van der Waals surface area contributed by atoms with E-state index in [2.05, 4.69) is 15.3 Å². The molecule has 0 saturated heterocycles. The molecule has 170 valence electrons. The third-order valence-corrected chi connectivity index (χ3v) is 5.33. The van der Waals surface area contributed by atoms with E-state index in [0.717, 1.165) is 32.1 Å². The predicted molar refractivity (Wildman–Crippen MR) is 92.5 cm³/mol. The van der Waals surface area contributed by atoms with Crippen LogP contribution in [0.3, 0.4) is 0 Å². The van der Waals surface area contributed by atoms with Crippen LogP contribution in [-0.2, 0) is 44.0 Å². The first-order valence-corrected chi connectivity index (χ1v) is 12.6. The molecule has 0 fully saturated rings. The normalized spacial score (nSPS) is 12.4. The Balaban J connectivity index is -0.00000121. The summed E-state index contributed by atoms with van der Waals surface area (Å²) in [5.74, 6) is -1.37. The van der Waals surface area contributed by atoms with E-state index >= 15 is 0 Å². The van der Waals surface area contributed by atoms with Crippen LogP contribution in [0, 0.1) is 5.41 Å². The molecule has 0 aliphatic heterocycles. The Bertz CT molecular complexity index is 720. The molecular weight excluding hydrogens is 465 g/mol. The van der Waals surface area contributed by atoms with E-state index < -0.39 is 61.9 Å². The second-order valence-electron chi connectivity index (χ2n) is 6.36. The van der Waals surface area contributed by atoms with Gasteiger partial charge in [0, 0.05) is 6.61 Å². The fourth-order valence-electron chi connectivity index (χ4n) is 2.29. The Morgan fingerprint density at radius 1 is 0.677 bits per heavy atom. The van der Waals surface area contributed by atoms with Crippen LogP contribution in [0.25, 0.3) is 0 Å². The monoisotopic (exact) mass is 490 g/mol. The van der Waals surface area contributed by atoms with E-state index in [9.17, 15) is 38.9 Å². The van der Waals surface area contributed by atoms with E-state index in [4.69, 9.17) is 4.74 Å². The van der Waals surface area contributed by atoms with Gasteiger partial charge < -0.3 is 18.4 Å². The average molecular weight is 490 g/mol. The van der Waals surface area contributed by atoms with Crippen molar-refractivity contribution in [2.45, 2.75) is 45.4 Å². The molecule has 0 unspecified atom stereocenters. The van der Waals surface area contributed by atoms with Gasteiger partial charge in [-0.15, -0.1) is 0 Å². The van der Waals surface area contributed by atoms with Crippen molar-refractivity contribution in [3.8, 4) is 0 Å². The molecule has 0 rings (SSSR count). The minimum atomic E-state index is -5.30. The van der Waals surface area contributed by atoms with Crippen LogP contribution in [0.15, 0.2) is 0 Å². The summed E-state index contributed by atoms with van der Waals surface area (Å²) < 4.78 is 111. The van der Waals surface area contributed by atoms with Gasteiger partial charge in [0.05, 0.1) is 41.1 Å². The summed E-state index contributed by atoms with van der Waals surface area (Å²) in [6, 6.07) is 0. The number of rotatable bonds is 17. The first kappa shape index (κ1) is 39.6. The average Bonchev–Trinajstić information content (AvgIpc) is 2.51. The second-order valence-corrected chi connectivity index (χ2v) is 9.87. The Morgan fingerprint density at radius 3 is 1.48 bits per heavy atom. The van der Waals surface area contributed by atoms with Crippen molar-refractivity contribution in [3.63, 3.8) is 0 Å². The van der Waals surface area contributed by atoms with Gasteiger partial charge in [-0.3, -0.25) is 8.37 Å². The molecule has 0 radical (unpaired) electrons. The van der Waals surface area contributed by atoms with Crippen molar-refractivity contribution in [2.24, 2.45) is 5.41 Å². The zero-order valence-electron chi connectivity index (χ0n) is 18.4. The maximum atomic E-state index is 11.2. The third kappa shape index (κ3) is 25.9. The summed E-state index contributed by atoms with van der Waals surface area (Å²) in [6.45, 7) is -0.977. The zero-order valence-corrected chi connectivity index (χ0v) is 20.9. The Kier molecular flexibility index (Phi) is 23.9. The third-order valence-electron chi connectivity index (χ3n) is 3.55. The Labute approximate surface area is 221 Å². The minimum absolute atomic E-state index is 0. The Hall–Kier alpha value is 1.40. The number of hydrogen-bond donors (Lipinski definition) is 0. The number of unbranched alkanes of at least 4 members (excludes halogenated alkanes) is 5. The molecule has 18 heteroatoms. The van der Waals surface area contributed by atoms with Crippen molar-refractivity contribution < 1.29 is 109 Å². The molecular formula is C13H25Li3O12S3. The van der Waals surface area contributed by atoms with Gasteiger partial charge >= 0.3 is 56.6 Å². The van der Waals surface area contributed by atoms with Gasteiger partial charge in [0.15, 0.2) is 0 Å². The van der Waals surface area contributed by atoms with Crippen LogP contribution in [0.2, 0.25) is 0 Å². The Morgan fingerprint density at radius 2 is 1.10 bits per heavy atom. The summed E-state index contributed by atoms with van der Waals surface area (Å²) >= 11 is 0. The standard InChI is InChI=1S/C13H28O12S3.3Li/c1-2-3-4-5-6-7-8-23-9-13(12-26(14,15)16,10-24-27(17,18)19)11-25-28(20,21)22;;;/h2-12H2,1H3,(H,14,15,16)(H,17,18,19)(H,20,21,22);;;/q;3*+1/p-3. The molecule has 31 heavy (non-hydrogen) atoms. The molecule has 0 aromatic carbocycles. The van der Waals surface area contributed by atoms with E-state index in [-0.39, 0.29) is 63.2 Å². The van der Waals surface area contributed by atoms with E-state index in [1.165, 1.54) is 0 Å². The predicted octanol–water partition coefficient (Wildman–Crippen LogP) is -9.14. The maximum absolute atomic E-state index is 11.2. The largest absolute Gasteiger partial charge is 1.00 e. The molecule has 12 nitrogen and oxygen atoms in total. The second kappa shape index (κ2) is 18.7. The number of ether oxygens (including phenoxy) is 1. The van der Waals surface area contributed by atoms with Crippen molar-refractivity contribution in [3.05, 3.63) is 0 Å². The molecule has 0 atom stereocenters. The summed E-state index contributed by atoms with van der Waals surface area (Å²) in [5.41, 5.74) is -2.18. The summed E-state index contributed by atoms with van der Waals surface area (Å²) in [5, 5.41) is 0. The van der Waals surface area contributed by atoms with Gasteiger partial charge in [-0.1, -0.05) is 39.0 Å². The molecule has 0 aliphatic carbocycles. The maximum Gasteiger partial charge on any atom is 1.00 e. The van der Waals surface area contributed by atoms with Crippen molar-refractivity contribution in [1.82, 2.24) is 0 Å². The van der Waals surface area contributed by atoms with Gasteiger partial charge in [0.2, 0.25) is 20.8 Å². The minimum Gasteiger partial charge on any atom is -0.748 e. The van der Waals surface area contributed by atoms with Crippen LogP contribution in [0.4, 0.5) is 0 Å². The van der Waals surface area contributed by atoms with Gasteiger partial charge in [0.25, 0.3) is 0 Å². The van der Waals surface area contributed by atoms with Crippen LogP contribution in [0.5, 0.6) is 0 Å². The SMILES string of the molecule is CCCCCCCCOCC(COS(=O)(=O)[O-])(COS(=O)(=O)[O-])CS(=O)(=O)[O-].[Li+].[Li+].[Li+]. The fourth-order valence-corrected chi connectivity index (χ4v) is 4.08. The van der Waals surface area contributed by atoms with Crippen LogP contribution in [0.1, 0.15) is 45.4 Å². The van der Waals surface area contributed by atoms with Gasteiger partial charge in [-0.25, -0.2) is 25.3 Å². The number of hydrogen-bond acceptors (Lipinski definition) is 12. The van der Waals surface area contributed by atoms with Crippen molar-refractivity contribution in [2.75, 3.05) is 32.2 Å². The van der Waals surface area contributed by atoms with E-state index in [0.29, 0.717) is 6.42 Å². The van der Waals surface area contributed by atoms with Crippen molar-refractivity contribution in [1.29, 1.82) is 0 Å². The van der Waals surface area contributed by atoms with Crippen LogP contribution < -0.4 is 56.6 Å². The smallest absolute Gasteiger partial charge is 0.748 e. The summed E-state index contributed by atoms with van der Waals surface area (Å²) in [7, 11) is -15.7.